The fourth-order valence-corrected chi connectivity index (χ4v) is 3.59. The van der Waals surface area contributed by atoms with Crippen molar-refractivity contribution in [2.24, 2.45) is 0 Å². The molecule has 1 saturated heterocycles. The van der Waals surface area contributed by atoms with Gasteiger partial charge in [-0.2, -0.15) is 5.10 Å². The number of likely N-dealkylation sites (tertiary alicyclic amines) is 1. The molecule has 1 aliphatic rings. The third-order valence-electron chi connectivity index (χ3n) is 5.11. The van der Waals surface area contributed by atoms with Crippen molar-refractivity contribution in [3.05, 3.63) is 42.3 Å². The summed E-state index contributed by atoms with van der Waals surface area (Å²) in [6.07, 6.45) is 3.22. The Labute approximate surface area is 157 Å². The Balaban J connectivity index is 1.35. The van der Waals surface area contributed by atoms with Gasteiger partial charge in [-0.05, 0) is 38.8 Å². The number of rotatable bonds is 4. The van der Waals surface area contributed by atoms with Crippen LogP contribution in [-0.2, 0) is 6.54 Å². The summed E-state index contributed by atoms with van der Waals surface area (Å²) in [5.74, 6) is 1.80. The maximum Gasteiger partial charge on any atom is 0.317 e. The van der Waals surface area contributed by atoms with E-state index in [1.807, 2.05) is 43.0 Å². The van der Waals surface area contributed by atoms with Crippen molar-refractivity contribution in [3.8, 4) is 0 Å². The molecular weight excluding hydrogens is 344 g/mol. The highest BCUT2D eigenvalue weighted by molar-refractivity contribution is 5.75. The first kappa shape index (κ1) is 17.5. The van der Waals surface area contributed by atoms with Crippen LogP contribution in [0.5, 0.6) is 0 Å². The van der Waals surface area contributed by atoms with Gasteiger partial charge in [-0.3, -0.25) is 0 Å². The Hall–Kier alpha value is -2.90. The van der Waals surface area contributed by atoms with Gasteiger partial charge in [0, 0.05) is 25.6 Å². The predicted octanol–water partition coefficient (Wildman–Crippen LogP) is 3.09. The molecule has 0 radical (unpaired) electrons. The summed E-state index contributed by atoms with van der Waals surface area (Å²) in [5, 5.41) is 7.19. The van der Waals surface area contributed by atoms with Gasteiger partial charge in [-0.15, -0.1) is 0 Å². The Morgan fingerprint density at radius 3 is 2.85 bits per heavy atom. The summed E-state index contributed by atoms with van der Waals surface area (Å²) in [6, 6.07) is 7.55. The van der Waals surface area contributed by atoms with Gasteiger partial charge < -0.3 is 14.6 Å². The summed E-state index contributed by atoms with van der Waals surface area (Å²) in [7, 11) is 0. The number of hydrogen-bond acceptors (Lipinski definition) is 5. The molecule has 8 heteroatoms. The van der Waals surface area contributed by atoms with Crippen molar-refractivity contribution in [3.63, 3.8) is 0 Å². The number of fused-ring (bicyclic) bond motifs is 1. The average molecular weight is 368 g/mol. The molecular formula is C19H24N6O2. The predicted molar refractivity (Wildman–Crippen MR) is 100 cm³/mol. The topological polar surface area (TPSA) is 89.1 Å². The molecule has 0 spiro atoms. The number of benzene rings is 1. The molecule has 1 fully saturated rings. The smallest absolute Gasteiger partial charge is 0.317 e. The van der Waals surface area contributed by atoms with Gasteiger partial charge in [0.15, 0.2) is 11.5 Å². The van der Waals surface area contributed by atoms with E-state index in [0.29, 0.717) is 13.1 Å². The summed E-state index contributed by atoms with van der Waals surface area (Å²) in [5.41, 5.74) is 1.71. The third-order valence-corrected chi connectivity index (χ3v) is 5.11. The van der Waals surface area contributed by atoms with Crippen molar-refractivity contribution < 1.29 is 9.21 Å². The highest BCUT2D eigenvalue weighted by Gasteiger charge is 2.28. The average Bonchev–Trinajstić information content (AvgIpc) is 3.34. The SMILES string of the molecule is CCn1ncnc1[C@H](C)NC(=O)N1CCC(c2nc3ccccc3o2)CC1. The molecule has 1 atom stereocenters. The van der Waals surface area contributed by atoms with Crippen molar-refractivity contribution in [2.75, 3.05) is 13.1 Å². The molecule has 8 nitrogen and oxygen atoms in total. The zero-order chi connectivity index (χ0) is 18.8. The minimum Gasteiger partial charge on any atom is -0.440 e. The fourth-order valence-electron chi connectivity index (χ4n) is 3.59. The third kappa shape index (κ3) is 3.51. The van der Waals surface area contributed by atoms with Gasteiger partial charge in [0.05, 0.1) is 6.04 Å². The summed E-state index contributed by atoms with van der Waals surface area (Å²) in [6.45, 7) is 6.03. The van der Waals surface area contributed by atoms with Crippen molar-refractivity contribution in [1.29, 1.82) is 0 Å². The number of hydrogen-bond donors (Lipinski definition) is 1. The van der Waals surface area contributed by atoms with E-state index < -0.39 is 0 Å². The van der Waals surface area contributed by atoms with Gasteiger partial charge in [0.1, 0.15) is 17.7 Å². The van der Waals surface area contributed by atoms with Gasteiger partial charge >= 0.3 is 6.03 Å². The lowest BCUT2D eigenvalue weighted by molar-refractivity contribution is 0.174. The molecule has 142 valence electrons. The van der Waals surface area contributed by atoms with Crippen LogP contribution in [0.4, 0.5) is 4.79 Å². The maximum atomic E-state index is 12.6. The molecule has 1 N–H and O–H groups in total. The van der Waals surface area contributed by atoms with Crippen LogP contribution in [0.15, 0.2) is 35.0 Å². The number of piperidine rings is 1. The first-order chi connectivity index (χ1) is 13.2. The second kappa shape index (κ2) is 7.38. The monoisotopic (exact) mass is 368 g/mol. The Morgan fingerprint density at radius 2 is 2.11 bits per heavy atom. The molecule has 3 aromatic rings. The van der Waals surface area contributed by atoms with E-state index in [4.69, 9.17) is 4.42 Å². The van der Waals surface area contributed by atoms with E-state index in [1.165, 1.54) is 6.33 Å². The number of aryl methyl sites for hydroxylation is 1. The van der Waals surface area contributed by atoms with E-state index >= 15 is 0 Å². The van der Waals surface area contributed by atoms with Gasteiger partial charge in [-0.1, -0.05) is 12.1 Å². The number of aromatic nitrogens is 4. The Morgan fingerprint density at radius 1 is 1.33 bits per heavy atom. The van der Waals surface area contributed by atoms with Gasteiger partial charge in [0.2, 0.25) is 0 Å². The second-order valence-corrected chi connectivity index (χ2v) is 6.89. The minimum absolute atomic E-state index is 0.0656. The van der Waals surface area contributed by atoms with E-state index in [0.717, 1.165) is 42.2 Å². The first-order valence-corrected chi connectivity index (χ1v) is 9.44. The molecule has 4 rings (SSSR count). The number of para-hydroxylation sites is 2. The van der Waals surface area contributed by atoms with Crippen LogP contribution in [0.25, 0.3) is 11.1 Å². The van der Waals surface area contributed by atoms with Crippen LogP contribution in [0.1, 0.15) is 50.4 Å². The van der Waals surface area contributed by atoms with Crippen LogP contribution in [0.2, 0.25) is 0 Å². The number of oxazole rings is 1. The molecule has 0 unspecified atom stereocenters. The fraction of sp³-hybridized carbons (Fsp3) is 0.474. The molecule has 1 aromatic carbocycles. The molecule has 0 saturated carbocycles. The van der Waals surface area contributed by atoms with Gasteiger partial charge in [-0.25, -0.2) is 19.4 Å². The van der Waals surface area contributed by atoms with E-state index in [-0.39, 0.29) is 18.0 Å². The Kier molecular flexibility index (Phi) is 4.79. The summed E-state index contributed by atoms with van der Waals surface area (Å²) in [4.78, 5) is 23.3. The van der Waals surface area contributed by atoms with E-state index in [9.17, 15) is 4.79 Å². The van der Waals surface area contributed by atoms with Crippen LogP contribution in [0.3, 0.4) is 0 Å². The van der Waals surface area contributed by atoms with Crippen molar-refractivity contribution in [1.82, 2.24) is 30.0 Å². The maximum absolute atomic E-state index is 12.6. The zero-order valence-electron chi connectivity index (χ0n) is 15.6. The Bertz CT molecular complexity index is 892. The summed E-state index contributed by atoms with van der Waals surface area (Å²) >= 11 is 0. The van der Waals surface area contributed by atoms with Gasteiger partial charge in [0.25, 0.3) is 0 Å². The summed E-state index contributed by atoms with van der Waals surface area (Å²) < 4.78 is 7.69. The van der Waals surface area contributed by atoms with Crippen molar-refractivity contribution >= 4 is 17.1 Å². The minimum atomic E-state index is -0.185. The van der Waals surface area contributed by atoms with E-state index in [1.54, 1.807) is 4.68 Å². The molecule has 1 aliphatic heterocycles. The quantitative estimate of drug-likeness (QED) is 0.764. The number of urea groups is 1. The van der Waals surface area contributed by atoms with Crippen LogP contribution >= 0.6 is 0 Å². The molecule has 2 aromatic heterocycles. The normalized spacial score (nSPS) is 16.6. The molecule has 27 heavy (non-hydrogen) atoms. The molecule has 2 amide bonds. The highest BCUT2D eigenvalue weighted by Crippen LogP contribution is 2.30. The number of nitrogens with one attached hydrogen (secondary N) is 1. The second-order valence-electron chi connectivity index (χ2n) is 6.89. The van der Waals surface area contributed by atoms with E-state index in [2.05, 4.69) is 20.4 Å². The van der Waals surface area contributed by atoms with Crippen LogP contribution < -0.4 is 5.32 Å². The lowest BCUT2D eigenvalue weighted by Gasteiger charge is -2.31. The standard InChI is InChI=1S/C19H24N6O2/c1-3-25-17(20-12-21-25)13(2)22-19(26)24-10-8-14(9-11-24)18-23-15-6-4-5-7-16(15)27-18/h4-7,12-14H,3,8-11H2,1-2H3,(H,22,26)/t13-/m0/s1. The largest absolute Gasteiger partial charge is 0.440 e. The van der Waals surface area contributed by atoms with Crippen LogP contribution in [-0.4, -0.2) is 43.8 Å². The zero-order valence-corrected chi connectivity index (χ0v) is 15.6. The number of carbonyl (C=O) groups is 1. The lowest BCUT2D eigenvalue weighted by atomic mass is 9.97. The lowest BCUT2D eigenvalue weighted by Crippen LogP contribution is -2.45. The van der Waals surface area contributed by atoms with Crippen LogP contribution in [0, 0.1) is 0 Å². The molecule has 0 bridgehead atoms. The molecule has 0 aliphatic carbocycles. The number of carbonyl (C=O) groups excluding carboxylic acids is 1. The van der Waals surface area contributed by atoms with Crippen molar-refractivity contribution in [2.45, 2.75) is 45.2 Å². The number of nitrogens with zero attached hydrogens (tertiary/aromatic N) is 5. The first-order valence-electron chi connectivity index (χ1n) is 9.44. The highest BCUT2D eigenvalue weighted by atomic mass is 16.3. The molecule has 3 heterocycles. The number of amides is 2.